The summed E-state index contributed by atoms with van der Waals surface area (Å²) in [6.45, 7) is 1.99. The zero-order chi connectivity index (χ0) is 20.0. The van der Waals surface area contributed by atoms with Crippen molar-refractivity contribution in [2.75, 3.05) is 7.11 Å². The molecule has 0 fully saturated rings. The molecule has 2 heterocycles. The molecule has 0 spiro atoms. The van der Waals surface area contributed by atoms with Crippen LogP contribution in [0.3, 0.4) is 0 Å². The van der Waals surface area contributed by atoms with Crippen LogP contribution in [0.1, 0.15) is 22.8 Å². The van der Waals surface area contributed by atoms with Crippen molar-refractivity contribution in [3.63, 3.8) is 0 Å². The molecule has 0 bridgehead atoms. The van der Waals surface area contributed by atoms with E-state index in [1.807, 2.05) is 66.7 Å². The zero-order valence-electron chi connectivity index (χ0n) is 16.2. The molecule has 0 aliphatic carbocycles. The Kier molecular flexibility index (Phi) is 4.06. The second-order valence-corrected chi connectivity index (χ2v) is 7.09. The number of nitrogens with zero attached hydrogens (tertiary/aromatic N) is 1. The molecule has 1 aliphatic rings. The van der Waals surface area contributed by atoms with E-state index in [-0.39, 0.29) is 5.78 Å². The molecule has 1 aromatic heterocycles. The summed E-state index contributed by atoms with van der Waals surface area (Å²) in [6.07, 6.45) is 0. The van der Waals surface area contributed by atoms with Gasteiger partial charge in [-0.3, -0.25) is 4.79 Å². The number of rotatable bonds is 3. The Morgan fingerprint density at radius 2 is 1.76 bits per heavy atom. The fourth-order valence-electron chi connectivity index (χ4n) is 3.98. The third-order valence-corrected chi connectivity index (χ3v) is 5.38. The topological polar surface area (TPSA) is 48.4 Å². The van der Waals surface area contributed by atoms with Gasteiger partial charge in [0.05, 0.1) is 18.3 Å². The highest BCUT2D eigenvalue weighted by atomic mass is 16.5. The Morgan fingerprint density at radius 3 is 2.55 bits per heavy atom. The van der Waals surface area contributed by atoms with Gasteiger partial charge in [-0.1, -0.05) is 30.3 Å². The van der Waals surface area contributed by atoms with E-state index in [0.717, 1.165) is 50.3 Å². The number of ether oxygens (including phenoxy) is 2. The summed E-state index contributed by atoms with van der Waals surface area (Å²) in [5.74, 6) is 1.63. The number of benzene rings is 3. The van der Waals surface area contributed by atoms with E-state index in [0.29, 0.717) is 12.2 Å². The summed E-state index contributed by atoms with van der Waals surface area (Å²) in [4.78, 5) is 17.0. The summed E-state index contributed by atoms with van der Waals surface area (Å²) in [5, 5.41) is 0.920. The number of fused-ring (bicyclic) bond motifs is 4. The quantitative estimate of drug-likeness (QED) is 0.429. The van der Waals surface area contributed by atoms with Gasteiger partial charge in [0.15, 0.2) is 5.78 Å². The van der Waals surface area contributed by atoms with Crippen LogP contribution in [0.15, 0.2) is 66.7 Å². The number of para-hydroxylation sites is 2. The van der Waals surface area contributed by atoms with Crippen molar-refractivity contribution < 1.29 is 14.3 Å². The van der Waals surface area contributed by atoms with Gasteiger partial charge in [-0.2, -0.15) is 0 Å². The van der Waals surface area contributed by atoms with Crippen LogP contribution in [-0.2, 0) is 6.61 Å². The summed E-state index contributed by atoms with van der Waals surface area (Å²) in [6, 6.07) is 21.5. The first-order valence-corrected chi connectivity index (χ1v) is 9.50. The molecule has 142 valence electrons. The zero-order valence-corrected chi connectivity index (χ0v) is 16.2. The number of carbonyl (C=O) groups excluding carboxylic acids is 1. The molecule has 4 nitrogen and oxygen atoms in total. The Hall–Kier alpha value is -3.66. The second kappa shape index (κ2) is 6.74. The van der Waals surface area contributed by atoms with Crippen LogP contribution in [0.25, 0.3) is 33.3 Å². The van der Waals surface area contributed by atoms with Crippen molar-refractivity contribution in [2.24, 2.45) is 0 Å². The van der Waals surface area contributed by atoms with Gasteiger partial charge in [0, 0.05) is 33.2 Å². The summed E-state index contributed by atoms with van der Waals surface area (Å²) in [7, 11) is 1.67. The Balaban J connectivity index is 1.93. The second-order valence-electron chi connectivity index (χ2n) is 7.09. The molecule has 0 saturated heterocycles. The van der Waals surface area contributed by atoms with E-state index in [2.05, 4.69) is 0 Å². The van der Waals surface area contributed by atoms with Gasteiger partial charge in [-0.05, 0) is 43.3 Å². The molecule has 3 aromatic carbocycles. The first-order valence-electron chi connectivity index (χ1n) is 9.50. The fourth-order valence-corrected chi connectivity index (χ4v) is 3.98. The molecule has 0 radical (unpaired) electrons. The normalized spacial score (nSPS) is 12.1. The van der Waals surface area contributed by atoms with Crippen molar-refractivity contribution in [2.45, 2.75) is 13.5 Å². The number of ketones is 1. The fraction of sp³-hybridized carbons (Fsp3) is 0.120. The molecule has 4 aromatic rings. The highest BCUT2D eigenvalue weighted by Crippen LogP contribution is 2.45. The highest BCUT2D eigenvalue weighted by molar-refractivity contribution is 6.05. The molecule has 29 heavy (non-hydrogen) atoms. The average Bonchev–Trinajstić information content (AvgIpc) is 2.77. The van der Waals surface area contributed by atoms with Gasteiger partial charge in [0.25, 0.3) is 0 Å². The average molecular weight is 381 g/mol. The van der Waals surface area contributed by atoms with E-state index in [4.69, 9.17) is 14.5 Å². The maximum Gasteiger partial charge on any atom is 0.159 e. The summed E-state index contributed by atoms with van der Waals surface area (Å²) in [5.41, 5.74) is 6.35. The third-order valence-electron chi connectivity index (χ3n) is 5.38. The van der Waals surface area contributed by atoms with Crippen LogP contribution >= 0.6 is 0 Å². The highest BCUT2D eigenvalue weighted by Gasteiger charge is 2.25. The summed E-state index contributed by atoms with van der Waals surface area (Å²) < 4.78 is 11.7. The van der Waals surface area contributed by atoms with Crippen molar-refractivity contribution in [1.29, 1.82) is 0 Å². The monoisotopic (exact) mass is 381 g/mol. The van der Waals surface area contributed by atoms with Crippen molar-refractivity contribution in [3.8, 4) is 33.9 Å². The third kappa shape index (κ3) is 2.76. The van der Waals surface area contributed by atoms with E-state index >= 15 is 0 Å². The lowest BCUT2D eigenvalue weighted by Gasteiger charge is -2.24. The van der Waals surface area contributed by atoms with Crippen molar-refractivity contribution in [1.82, 2.24) is 4.98 Å². The predicted octanol–water partition coefficient (Wildman–Crippen LogP) is 5.67. The Labute approximate surface area is 168 Å². The van der Waals surface area contributed by atoms with Gasteiger partial charge in [-0.15, -0.1) is 0 Å². The van der Waals surface area contributed by atoms with E-state index in [1.165, 1.54) is 0 Å². The van der Waals surface area contributed by atoms with Gasteiger partial charge in [0.2, 0.25) is 0 Å². The number of Topliss-reactive ketones (excluding diaryl/α,β-unsaturated/α-hetero) is 1. The number of pyridine rings is 1. The largest absolute Gasteiger partial charge is 0.496 e. The molecule has 4 heteroatoms. The Bertz CT molecular complexity index is 1280. The number of hydrogen-bond acceptors (Lipinski definition) is 4. The molecule has 0 amide bonds. The van der Waals surface area contributed by atoms with E-state index in [1.54, 1.807) is 14.0 Å². The van der Waals surface area contributed by atoms with Crippen LogP contribution in [0.2, 0.25) is 0 Å². The first kappa shape index (κ1) is 17.4. The Morgan fingerprint density at radius 1 is 1.00 bits per heavy atom. The lowest BCUT2D eigenvalue weighted by atomic mass is 9.89. The number of methoxy groups -OCH3 is 1. The van der Waals surface area contributed by atoms with Crippen LogP contribution < -0.4 is 9.47 Å². The van der Waals surface area contributed by atoms with Crippen LogP contribution in [0.4, 0.5) is 0 Å². The standard InChI is InChI=1S/C25H19NO3/c1-15(27)16-11-12-21-19(13-16)24(17-7-3-5-9-22(17)28-2)20-14-29-23-10-6-4-8-18(23)25(20)26-21/h3-13H,14H2,1-2H3. The molecule has 5 rings (SSSR count). The smallest absolute Gasteiger partial charge is 0.159 e. The van der Waals surface area contributed by atoms with E-state index in [9.17, 15) is 4.79 Å². The lowest BCUT2D eigenvalue weighted by molar-refractivity contribution is 0.101. The van der Waals surface area contributed by atoms with Gasteiger partial charge in [0.1, 0.15) is 18.1 Å². The minimum atomic E-state index is 0.0252. The molecular weight excluding hydrogens is 362 g/mol. The van der Waals surface area contributed by atoms with Crippen LogP contribution in [-0.4, -0.2) is 17.9 Å². The molecule has 0 atom stereocenters. The van der Waals surface area contributed by atoms with Crippen LogP contribution in [0, 0.1) is 0 Å². The summed E-state index contributed by atoms with van der Waals surface area (Å²) >= 11 is 0. The van der Waals surface area contributed by atoms with Crippen molar-refractivity contribution in [3.05, 3.63) is 77.9 Å². The number of aromatic nitrogens is 1. The maximum atomic E-state index is 12.0. The van der Waals surface area contributed by atoms with Gasteiger partial charge >= 0.3 is 0 Å². The molecule has 0 unspecified atom stereocenters. The molecule has 0 N–H and O–H groups in total. The SMILES string of the molecule is COc1ccccc1-c1c2c(nc3ccc(C(C)=O)cc13)-c1ccccc1OC2. The van der Waals surface area contributed by atoms with E-state index < -0.39 is 0 Å². The minimum absolute atomic E-state index is 0.0252. The maximum absolute atomic E-state index is 12.0. The predicted molar refractivity (Wildman–Crippen MR) is 114 cm³/mol. The number of carbonyl (C=O) groups is 1. The van der Waals surface area contributed by atoms with Crippen LogP contribution in [0.5, 0.6) is 11.5 Å². The lowest BCUT2D eigenvalue weighted by Crippen LogP contribution is -2.10. The first-order chi connectivity index (χ1) is 14.2. The molecular formula is C25H19NO3. The molecule has 0 saturated carbocycles. The minimum Gasteiger partial charge on any atom is -0.496 e. The van der Waals surface area contributed by atoms with Gasteiger partial charge < -0.3 is 9.47 Å². The van der Waals surface area contributed by atoms with Crippen molar-refractivity contribution >= 4 is 16.7 Å². The molecule has 1 aliphatic heterocycles. The van der Waals surface area contributed by atoms with Gasteiger partial charge in [-0.25, -0.2) is 4.98 Å². The number of hydrogen-bond donors (Lipinski definition) is 0.